The number of esters is 5. The fraction of sp³-hybridized carbons (Fsp3) is 0.793. The van der Waals surface area contributed by atoms with Gasteiger partial charge in [0, 0.05) is 45.7 Å². The predicted molar refractivity (Wildman–Crippen MR) is 325 cm³/mol. The summed E-state index contributed by atoms with van der Waals surface area (Å²) in [5, 5.41) is 27.1. The van der Waals surface area contributed by atoms with Crippen LogP contribution in [0.4, 0.5) is 0 Å². The van der Waals surface area contributed by atoms with Crippen LogP contribution in [0.25, 0.3) is 0 Å². The van der Waals surface area contributed by atoms with Crippen molar-refractivity contribution in [3.05, 3.63) is 0 Å². The smallest absolute Gasteiger partial charge is 0.323 e. The van der Waals surface area contributed by atoms with E-state index in [1.165, 1.54) is 9.80 Å². The van der Waals surface area contributed by atoms with E-state index in [9.17, 15) is 62.6 Å². The molecule has 0 rings (SSSR count). The zero-order valence-corrected chi connectivity index (χ0v) is 55.6. The first-order valence-corrected chi connectivity index (χ1v) is 29.5. The standard InChI is InChI=1S/C37H67N3O12.C21H40N8O7/c1-33(2,3)48-28(43)22-38(23-29(44)49-34(4,5)6)18-20-40(26(16-17-27(41)42)32(47)52-37(13,14)15)21-19-39(24-30(45)50-35(7,8)9)25-31(46)51-36(10,11)12;1-4-14(20(34)26-11-17(31)24-7-9-36-8-6-23-3)29-19(33)13-27-21(35)15(5-2)28-18(32)12-25-16(30)10-22/h26H,16-25H2,1-15H3,(H,41,42);14-15,23H,4-13,22H2,1-3H3,(H,24,31)(H,25,30)(H,26,34)(H,27,35)(H,28,32)(H,29,33)/t26-;14-,15-/m00/s1. The Hall–Kier alpha value is -6.60. The number of ether oxygens (including phenoxy) is 6. The topological polar surface area (TPSA) is 400 Å². The van der Waals surface area contributed by atoms with Gasteiger partial charge in [-0.2, -0.15) is 0 Å². The molecule has 6 amide bonds. The number of nitrogens with zero attached hydrogens (tertiary/aromatic N) is 3. The van der Waals surface area contributed by atoms with E-state index in [0.29, 0.717) is 26.3 Å². The summed E-state index contributed by atoms with van der Waals surface area (Å²) in [7, 11) is 1.80. The van der Waals surface area contributed by atoms with Gasteiger partial charge >= 0.3 is 35.8 Å². The van der Waals surface area contributed by atoms with Gasteiger partial charge in [0.1, 0.15) is 46.1 Å². The number of amides is 6. The number of carbonyl (C=O) groups is 12. The van der Waals surface area contributed by atoms with Gasteiger partial charge < -0.3 is 76.5 Å². The van der Waals surface area contributed by atoms with Crippen molar-refractivity contribution in [3.63, 3.8) is 0 Å². The van der Waals surface area contributed by atoms with E-state index in [4.69, 9.17) is 34.2 Å². The van der Waals surface area contributed by atoms with Gasteiger partial charge in [-0.1, -0.05) is 13.8 Å². The summed E-state index contributed by atoms with van der Waals surface area (Å²) in [5.74, 6) is -7.41. The Balaban J connectivity index is 0. The van der Waals surface area contributed by atoms with Crippen LogP contribution in [-0.4, -0.2) is 249 Å². The molecule has 0 aliphatic heterocycles. The van der Waals surface area contributed by atoms with E-state index < -0.39 is 124 Å². The zero-order chi connectivity index (χ0) is 68.2. The average Bonchev–Trinajstić information content (AvgIpc) is 3.51. The van der Waals surface area contributed by atoms with Crippen LogP contribution in [0.2, 0.25) is 0 Å². The summed E-state index contributed by atoms with van der Waals surface area (Å²) >= 11 is 0. The Morgan fingerprint density at radius 2 is 0.818 bits per heavy atom. The van der Waals surface area contributed by atoms with Crippen LogP contribution >= 0.6 is 0 Å². The van der Waals surface area contributed by atoms with E-state index in [1.807, 2.05) is 0 Å². The van der Waals surface area contributed by atoms with Gasteiger partial charge in [-0.25, -0.2) is 0 Å². The Kier molecular flexibility index (Phi) is 39.4. The lowest BCUT2D eigenvalue weighted by Gasteiger charge is -2.35. The van der Waals surface area contributed by atoms with Gasteiger partial charge in [-0.05, 0) is 130 Å². The van der Waals surface area contributed by atoms with Gasteiger partial charge in [0.25, 0.3) is 0 Å². The highest BCUT2D eigenvalue weighted by Crippen LogP contribution is 2.18. The van der Waals surface area contributed by atoms with Crippen LogP contribution in [0.1, 0.15) is 143 Å². The zero-order valence-electron chi connectivity index (χ0n) is 55.6. The van der Waals surface area contributed by atoms with Crippen molar-refractivity contribution in [1.82, 2.24) is 51.9 Å². The number of aliphatic carboxylic acids is 1. The Morgan fingerprint density at radius 1 is 0.466 bits per heavy atom. The number of carbonyl (C=O) groups excluding carboxylic acids is 11. The predicted octanol–water partition coefficient (Wildman–Crippen LogP) is -0.730. The molecule has 88 heavy (non-hydrogen) atoms. The molecule has 0 radical (unpaired) electrons. The second-order valence-corrected chi connectivity index (χ2v) is 25.3. The highest BCUT2D eigenvalue weighted by molar-refractivity contribution is 5.94. The summed E-state index contributed by atoms with van der Waals surface area (Å²) in [5.41, 5.74) is 1.09. The highest BCUT2D eigenvalue weighted by Gasteiger charge is 2.34. The number of hydrogen-bond donors (Lipinski definition) is 9. The van der Waals surface area contributed by atoms with Crippen LogP contribution < -0.4 is 43.0 Å². The first-order valence-electron chi connectivity index (χ1n) is 29.5. The molecule has 0 aromatic heterocycles. The summed E-state index contributed by atoms with van der Waals surface area (Å²) in [4.78, 5) is 153. The van der Waals surface area contributed by atoms with Crippen LogP contribution in [0.3, 0.4) is 0 Å². The molecule has 0 unspecified atom stereocenters. The molecule has 0 aliphatic rings. The summed E-state index contributed by atoms with van der Waals surface area (Å²) in [6.45, 7) is 28.7. The van der Waals surface area contributed by atoms with Crippen molar-refractivity contribution in [2.75, 3.05) is 112 Å². The van der Waals surface area contributed by atoms with Gasteiger partial charge in [-0.15, -0.1) is 0 Å². The van der Waals surface area contributed by atoms with E-state index in [0.717, 1.165) is 0 Å². The third-order valence-electron chi connectivity index (χ3n) is 10.9. The van der Waals surface area contributed by atoms with Crippen molar-refractivity contribution in [3.8, 4) is 0 Å². The first-order chi connectivity index (χ1) is 40.4. The Labute approximate surface area is 519 Å². The Morgan fingerprint density at radius 3 is 1.15 bits per heavy atom. The van der Waals surface area contributed by atoms with Crippen LogP contribution in [0.15, 0.2) is 0 Å². The lowest BCUT2D eigenvalue weighted by molar-refractivity contribution is -0.165. The van der Waals surface area contributed by atoms with Crippen molar-refractivity contribution < 1.29 is 91.1 Å². The molecule has 0 aromatic carbocycles. The molecule has 0 fully saturated rings. The summed E-state index contributed by atoms with van der Waals surface area (Å²) in [6.07, 6.45) is 0.0166. The molecule has 30 heteroatoms. The summed E-state index contributed by atoms with van der Waals surface area (Å²) < 4.78 is 33.0. The third-order valence-corrected chi connectivity index (χ3v) is 10.9. The molecule has 30 nitrogen and oxygen atoms in total. The molecule has 0 saturated carbocycles. The number of likely N-dealkylation sites (N-methyl/N-ethyl adjacent to an activating group) is 1. The van der Waals surface area contributed by atoms with Crippen LogP contribution in [0, 0.1) is 0 Å². The minimum absolute atomic E-state index is 0.0435. The third kappa shape index (κ3) is 46.5. The maximum Gasteiger partial charge on any atom is 0.323 e. The van der Waals surface area contributed by atoms with Crippen LogP contribution in [0.5, 0.6) is 0 Å². The van der Waals surface area contributed by atoms with Gasteiger partial charge in [0.15, 0.2) is 0 Å². The molecular formula is C58H107N11O19. The first kappa shape index (κ1) is 83.5. The molecule has 0 bridgehead atoms. The maximum absolute atomic E-state index is 13.7. The molecule has 3 atom stereocenters. The minimum Gasteiger partial charge on any atom is -0.481 e. The van der Waals surface area contributed by atoms with E-state index in [2.05, 4.69) is 37.2 Å². The molecule has 0 heterocycles. The summed E-state index contributed by atoms with van der Waals surface area (Å²) in [6, 6.07) is -2.90. The molecule has 0 aliphatic carbocycles. The number of nitrogens with one attached hydrogen (secondary N) is 7. The van der Waals surface area contributed by atoms with Crippen molar-refractivity contribution in [1.29, 1.82) is 0 Å². The number of hydrogen-bond acceptors (Lipinski definition) is 23. The minimum atomic E-state index is -1.12. The lowest BCUT2D eigenvalue weighted by atomic mass is 10.1. The number of rotatable bonds is 38. The maximum atomic E-state index is 13.7. The second-order valence-electron chi connectivity index (χ2n) is 25.3. The van der Waals surface area contributed by atoms with Crippen molar-refractivity contribution >= 4 is 71.3 Å². The van der Waals surface area contributed by atoms with Gasteiger partial charge in [-0.3, -0.25) is 72.2 Å². The SMILES string of the molecule is CC(C)(C)OC(=O)CN(CCN(CCN(CC(=O)OC(C)(C)C)CC(=O)OC(C)(C)C)[C@@H](CCC(=O)O)C(=O)OC(C)(C)C)CC(=O)OC(C)(C)C.CC[C@H](NC(=O)CNC(=O)CN)C(=O)NCC(=O)N[C@@H](CC)C(=O)NCC(=O)NCCOCCNC. The average molecular weight is 1260 g/mol. The molecule has 0 spiro atoms. The number of nitrogens with two attached hydrogens (primary N) is 1. The van der Waals surface area contributed by atoms with Gasteiger partial charge in [0.2, 0.25) is 35.4 Å². The highest BCUT2D eigenvalue weighted by atomic mass is 16.6. The fourth-order valence-electron chi connectivity index (χ4n) is 7.33. The van der Waals surface area contributed by atoms with E-state index in [1.54, 1.807) is 130 Å². The quantitative estimate of drug-likeness (QED) is 0.0209. The van der Waals surface area contributed by atoms with Gasteiger partial charge in [0.05, 0.1) is 65.6 Å². The largest absolute Gasteiger partial charge is 0.481 e. The van der Waals surface area contributed by atoms with E-state index in [-0.39, 0.29) is 97.7 Å². The molecule has 10 N–H and O–H groups in total. The number of carboxylic acid groups (broad SMARTS) is 1. The second kappa shape index (κ2) is 41.6. The normalized spacial score (nSPS) is 12.9. The number of carboxylic acids is 1. The van der Waals surface area contributed by atoms with Crippen molar-refractivity contribution in [2.24, 2.45) is 5.73 Å². The molecular weight excluding hydrogens is 1150 g/mol. The Bertz CT molecular complexity index is 2110. The molecule has 508 valence electrons. The lowest BCUT2D eigenvalue weighted by Crippen LogP contribution is -2.53. The molecule has 0 saturated heterocycles. The van der Waals surface area contributed by atoms with Crippen molar-refractivity contribution in [2.45, 2.75) is 190 Å². The fourth-order valence-corrected chi connectivity index (χ4v) is 7.33. The van der Waals surface area contributed by atoms with E-state index >= 15 is 0 Å². The molecule has 0 aromatic rings. The monoisotopic (exact) mass is 1260 g/mol. The van der Waals surface area contributed by atoms with Crippen LogP contribution in [-0.2, 0) is 86.0 Å².